The zero-order chi connectivity index (χ0) is 17.6. The second kappa shape index (κ2) is 5.86. The van der Waals surface area contributed by atoms with E-state index in [0.717, 1.165) is 16.7 Å². The summed E-state index contributed by atoms with van der Waals surface area (Å²) in [5.74, 6) is -1.28. The van der Waals surface area contributed by atoms with Crippen LogP contribution >= 0.6 is 0 Å². The minimum absolute atomic E-state index is 0.0962. The number of aliphatic carboxylic acids is 1. The fourth-order valence-electron chi connectivity index (χ4n) is 3.51. The maximum Gasteiger partial charge on any atom is 0.304 e. The number of carboxylic acids is 1. The Labute approximate surface area is 145 Å². The molecular formula is C18H17NO5S. The quantitative estimate of drug-likeness (QED) is 0.907. The number of benzene rings is 2. The number of carbonyl (C=O) groups is 1. The minimum Gasteiger partial charge on any atom is -0.481 e. The van der Waals surface area contributed by atoms with Gasteiger partial charge in [-0.25, -0.2) is 8.42 Å². The lowest BCUT2D eigenvalue weighted by atomic mass is 9.98. The van der Waals surface area contributed by atoms with E-state index >= 15 is 0 Å². The fraction of sp³-hybridized carbons (Fsp3) is 0.278. The average Bonchev–Trinajstić information content (AvgIpc) is 3.19. The maximum absolute atomic E-state index is 13.2. The Morgan fingerprint density at radius 3 is 2.72 bits per heavy atom. The SMILES string of the molecule is O=C(O)CC1CN(S(=O)(=O)c2ccc3c(c2)COC3)c2ccccc21. The first kappa shape index (κ1) is 16.1. The minimum atomic E-state index is -3.76. The Morgan fingerprint density at radius 1 is 1.16 bits per heavy atom. The summed E-state index contributed by atoms with van der Waals surface area (Å²) in [5.41, 5.74) is 3.21. The highest BCUT2D eigenvalue weighted by atomic mass is 32.2. The van der Waals surface area contributed by atoms with Crippen molar-refractivity contribution in [2.75, 3.05) is 10.8 Å². The average molecular weight is 359 g/mol. The molecule has 0 saturated heterocycles. The largest absolute Gasteiger partial charge is 0.481 e. The first-order valence-electron chi connectivity index (χ1n) is 8.00. The number of para-hydroxylation sites is 1. The highest BCUT2D eigenvalue weighted by Gasteiger charge is 2.37. The third-order valence-electron chi connectivity index (χ3n) is 4.73. The molecule has 1 atom stereocenters. The van der Waals surface area contributed by atoms with Crippen LogP contribution in [0.15, 0.2) is 47.4 Å². The summed E-state index contributed by atoms with van der Waals surface area (Å²) in [7, 11) is -3.76. The summed E-state index contributed by atoms with van der Waals surface area (Å²) in [5, 5.41) is 9.13. The van der Waals surface area contributed by atoms with E-state index in [2.05, 4.69) is 0 Å². The normalized spacial score (nSPS) is 18.9. The van der Waals surface area contributed by atoms with Crippen LogP contribution in [0.25, 0.3) is 0 Å². The first-order chi connectivity index (χ1) is 12.0. The Bertz CT molecular complexity index is 954. The van der Waals surface area contributed by atoms with Crippen LogP contribution in [-0.4, -0.2) is 26.0 Å². The second-order valence-electron chi connectivity index (χ2n) is 6.31. The number of hydrogen-bond donors (Lipinski definition) is 1. The summed E-state index contributed by atoms with van der Waals surface area (Å²) in [6, 6.07) is 12.1. The van der Waals surface area contributed by atoms with Gasteiger partial charge in [-0.15, -0.1) is 0 Å². The van der Waals surface area contributed by atoms with E-state index in [9.17, 15) is 13.2 Å². The molecule has 0 aliphatic carbocycles. The van der Waals surface area contributed by atoms with Gasteiger partial charge in [-0.2, -0.15) is 0 Å². The van der Waals surface area contributed by atoms with Crippen molar-refractivity contribution in [2.45, 2.75) is 30.4 Å². The van der Waals surface area contributed by atoms with Gasteiger partial charge in [0.15, 0.2) is 0 Å². The molecular weight excluding hydrogens is 342 g/mol. The van der Waals surface area contributed by atoms with Crippen molar-refractivity contribution < 1.29 is 23.1 Å². The summed E-state index contributed by atoms with van der Waals surface area (Å²) in [6.45, 7) is 1.06. The standard InChI is InChI=1S/C18H17NO5S/c20-18(21)8-13-9-19(17-4-2-1-3-16(13)17)25(22,23)15-6-5-12-10-24-11-14(12)7-15/h1-7,13H,8-11H2,(H,20,21). The number of fused-ring (bicyclic) bond motifs is 2. The van der Waals surface area contributed by atoms with E-state index in [1.807, 2.05) is 0 Å². The van der Waals surface area contributed by atoms with Crippen molar-refractivity contribution in [1.29, 1.82) is 0 Å². The maximum atomic E-state index is 13.2. The number of hydrogen-bond acceptors (Lipinski definition) is 4. The Kier molecular flexibility index (Phi) is 3.77. The molecule has 2 aromatic rings. The number of ether oxygens (including phenoxy) is 1. The molecule has 0 fully saturated rings. The molecule has 2 aliphatic rings. The van der Waals surface area contributed by atoms with Gasteiger partial charge < -0.3 is 9.84 Å². The van der Waals surface area contributed by atoms with Crippen LogP contribution < -0.4 is 4.31 Å². The first-order valence-corrected chi connectivity index (χ1v) is 9.44. The van der Waals surface area contributed by atoms with Gasteiger partial charge in [-0.05, 0) is 34.9 Å². The van der Waals surface area contributed by atoms with Crippen molar-refractivity contribution in [3.05, 3.63) is 59.2 Å². The van der Waals surface area contributed by atoms with Gasteiger partial charge >= 0.3 is 5.97 Å². The topological polar surface area (TPSA) is 83.9 Å². The molecule has 0 saturated carbocycles. The number of sulfonamides is 1. The van der Waals surface area contributed by atoms with Crippen molar-refractivity contribution in [2.24, 2.45) is 0 Å². The fourth-order valence-corrected chi connectivity index (χ4v) is 5.09. The molecule has 0 aromatic heterocycles. The highest BCUT2D eigenvalue weighted by Crippen LogP contribution is 2.41. The van der Waals surface area contributed by atoms with Crippen LogP contribution in [0, 0.1) is 0 Å². The summed E-state index contributed by atoms with van der Waals surface area (Å²) in [4.78, 5) is 11.3. The van der Waals surface area contributed by atoms with Gasteiger partial charge in [0.05, 0.1) is 30.2 Å². The van der Waals surface area contributed by atoms with Crippen LogP contribution in [-0.2, 0) is 32.8 Å². The summed E-state index contributed by atoms with van der Waals surface area (Å²) >= 11 is 0. The number of carboxylic acid groups (broad SMARTS) is 1. The Hall–Kier alpha value is -2.38. The number of nitrogens with zero attached hydrogens (tertiary/aromatic N) is 1. The Morgan fingerprint density at radius 2 is 1.92 bits per heavy atom. The van der Waals surface area contributed by atoms with Crippen LogP contribution in [0.3, 0.4) is 0 Å². The lowest BCUT2D eigenvalue weighted by Gasteiger charge is -2.20. The van der Waals surface area contributed by atoms with E-state index in [-0.39, 0.29) is 23.8 Å². The highest BCUT2D eigenvalue weighted by molar-refractivity contribution is 7.92. The smallest absolute Gasteiger partial charge is 0.304 e. The van der Waals surface area contributed by atoms with Gasteiger partial charge in [-0.1, -0.05) is 24.3 Å². The van der Waals surface area contributed by atoms with E-state index in [1.165, 1.54) is 4.31 Å². The molecule has 2 heterocycles. The molecule has 130 valence electrons. The lowest BCUT2D eigenvalue weighted by molar-refractivity contribution is -0.137. The molecule has 0 spiro atoms. The molecule has 4 rings (SSSR count). The second-order valence-corrected chi connectivity index (χ2v) is 8.18. The van der Waals surface area contributed by atoms with Crippen LogP contribution in [0.2, 0.25) is 0 Å². The zero-order valence-corrected chi connectivity index (χ0v) is 14.2. The molecule has 1 N–H and O–H groups in total. The number of anilines is 1. The molecule has 25 heavy (non-hydrogen) atoms. The lowest BCUT2D eigenvalue weighted by Crippen LogP contribution is -2.30. The van der Waals surface area contributed by atoms with Gasteiger partial charge in [0.1, 0.15) is 0 Å². The third kappa shape index (κ3) is 2.69. The van der Waals surface area contributed by atoms with Crippen molar-refractivity contribution >= 4 is 21.7 Å². The molecule has 0 bridgehead atoms. The molecule has 2 aromatic carbocycles. The third-order valence-corrected chi connectivity index (χ3v) is 6.51. The van der Waals surface area contributed by atoms with Gasteiger partial charge in [-0.3, -0.25) is 9.10 Å². The van der Waals surface area contributed by atoms with E-state index in [4.69, 9.17) is 9.84 Å². The zero-order valence-electron chi connectivity index (χ0n) is 13.4. The molecule has 1 unspecified atom stereocenters. The van der Waals surface area contributed by atoms with Crippen molar-refractivity contribution in [3.8, 4) is 0 Å². The van der Waals surface area contributed by atoms with Gasteiger partial charge in [0.25, 0.3) is 10.0 Å². The van der Waals surface area contributed by atoms with Crippen LogP contribution in [0.1, 0.15) is 29.0 Å². The molecule has 0 radical (unpaired) electrons. The van der Waals surface area contributed by atoms with Crippen LogP contribution in [0.4, 0.5) is 5.69 Å². The Balaban J connectivity index is 1.75. The van der Waals surface area contributed by atoms with E-state index < -0.39 is 16.0 Å². The molecule has 7 heteroatoms. The monoisotopic (exact) mass is 359 g/mol. The molecule has 6 nitrogen and oxygen atoms in total. The summed E-state index contributed by atoms with van der Waals surface area (Å²) in [6.07, 6.45) is -0.0962. The van der Waals surface area contributed by atoms with Crippen LogP contribution in [0.5, 0.6) is 0 Å². The van der Waals surface area contributed by atoms with Crippen molar-refractivity contribution in [3.63, 3.8) is 0 Å². The number of rotatable bonds is 4. The predicted octanol–water partition coefficient (Wildman–Crippen LogP) is 2.48. The molecule has 2 aliphatic heterocycles. The van der Waals surface area contributed by atoms with E-state index in [0.29, 0.717) is 18.9 Å². The van der Waals surface area contributed by atoms with E-state index in [1.54, 1.807) is 42.5 Å². The molecule has 0 amide bonds. The van der Waals surface area contributed by atoms with Gasteiger partial charge in [0.2, 0.25) is 0 Å². The predicted molar refractivity (Wildman–Crippen MR) is 90.9 cm³/mol. The van der Waals surface area contributed by atoms with Crippen molar-refractivity contribution in [1.82, 2.24) is 0 Å². The summed E-state index contributed by atoms with van der Waals surface area (Å²) < 4.78 is 33.0. The van der Waals surface area contributed by atoms with Gasteiger partial charge in [0, 0.05) is 12.5 Å².